The van der Waals surface area contributed by atoms with Gasteiger partial charge in [-0.15, -0.1) is 5.53 Å². The van der Waals surface area contributed by atoms with Crippen LogP contribution in [0.15, 0.2) is 53.8 Å². The average molecular weight is 392 g/mol. The number of aromatic nitrogens is 2. The van der Waals surface area contributed by atoms with Gasteiger partial charge in [0.2, 0.25) is 0 Å². The fraction of sp³-hybridized carbons (Fsp3) is 0.158. The summed E-state index contributed by atoms with van der Waals surface area (Å²) >= 11 is 4.79. The highest BCUT2D eigenvalue weighted by atomic mass is 32.1. The highest BCUT2D eigenvalue weighted by Gasteiger charge is 2.25. The molecule has 0 fully saturated rings. The van der Waals surface area contributed by atoms with Gasteiger partial charge in [0.15, 0.2) is 10.9 Å². The molecule has 0 unspecified atom stereocenters. The number of hydrogen-bond donors (Lipinski definition) is 3. The minimum absolute atomic E-state index is 0.120. The summed E-state index contributed by atoms with van der Waals surface area (Å²) in [7, 11) is 1.96. The Balaban J connectivity index is 1.62. The SMILES string of the molecule is C/C(=N\NC(N)=S)c1ccc2c(n1)N(Cc1ccc3ncccc3c1)NN2C. The van der Waals surface area contributed by atoms with Crippen LogP contribution in [0.3, 0.4) is 0 Å². The number of anilines is 2. The molecule has 1 aromatic carbocycles. The zero-order valence-corrected chi connectivity index (χ0v) is 16.4. The van der Waals surface area contributed by atoms with E-state index in [9.17, 15) is 0 Å². The Hall–Kier alpha value is -3.30. The molecule has 4 N–H and O–H groups in total. The highest BCUT2D eigenvalue weighted by molar-refractivity contribution is 7.80. The highest BCUT2D eigenvalue weighted by Crippen LogP contribution is 2.32. The molecule has 0 saturated heterocycles. The van der Waals surface area contributed by atoms with Crippen LogP contribution in [0.4, 0.5) is 11.5 Å². The van der Waals surface area contributed by atoms with E-state index in [1.807, 2.05) is 48.3 Å². The lowest BCUT2D eigenvalue weighted by Gasteiger charge is -2.19. The zero-order valence-electron chi connectivity index (χ0n) is 15.5. The number of nitrogens with one attached hydrogen (secondary N) is 2. The summed E-state index contributed by atoms with van der Waals surface area (Å²) in [6, 6.07) is 14.2. The van der Waals surface area contributed by atoms with Crippen molar-refractivity contribution in [1.82, 2.24) is 20.9 Å². The Bertz CT molecular complexity index is 1080. The van der Waals surface area contributed by atoms with Crippen LogP contribution in [0.25, 0.3) is 10.9 Å². The number of thiocarbonyl (C=S) groups is 1. The predicted molar refractivity (Wildman–Crippen MR) is 116 cm³/mol. The number of benzene rings is 1. The molecule has 1 aliphatic rings. The maximum atomic E-state index is 5.44. The number of hydrazone groups is 1. The molecule has 8 nitrogen and oxygen atoms in total. The number of fused-ring (bicyclic) bond motifs is 2. The van der Waals surface area contributed by atoms with Gasteiger partial charge in [0, 0.05) is 18.6 Å². The third-order valence-corrected chi connectivity index (χ3v) is 4.55. The van der Waals surface area contributed by atoms with Crippen LogP contribution in [0.5, 0.6) is 0 Å². The lowest BCUT2D eigenvalue weighted by atomic mass is 10.1. The quantitative estimate of drug-likeness (QED) is 0.353. The molecule has 3 aromatic rings. The minimum Gasteiger partial charge on any atom is -0.375 e. The van der Waals surface area contributed by atoms with Gasteiger partial charge in [-0.1, -0.05) is 12.1 Å². The molecular weight excluding hydrogens is 372 g/mol. The van der Waals surface area contributed by atoms with Crippen molar-refractivity contribution in [2.45, 2.75) is 13.5 Å². The topological polar surface area (TPSA) is 94.7 Å². The Morgan fingerprint density at radius 3 is 2.96 bits per heavy atom. The fourth-order valence-electron chi connectivity index (χ4n) is 3.10. The van der Waals surface area contributed by atoms with Crippen molar-refractivity contribution < 1.29 is 0 Å². The van der Waals surface area contributed by atoms with Gasteiger partial charge in [0.25, 0.3) is 0 Å². The molecule has 0 radical (unpaired) electrons. The largest absolute Gasteiger partial charge is 0.375 e. The molecule has 142 valence electrons. The molecule has 1 aliphatic heterocycles. The van der Waals surface area contributed by atoms with Gasteiger partial charge in [-0.25, -0.2) is 4.98 Å². The van der Waals surface area contributed by atoms with E-state index < -0.39 is 0 Å². The van der Waals surface area contributed by atoms with Crippen molar-refractivity contribution >= 4 is 45.5 Å². The molecule has 0 spiro atoms. The van der Waals surface area contributed by atoms with E-state index in [1.165, 1.54) is 0 Å². The van der Waals surface area contributed by atoms with E-state index in [4.69, 9.17) is 22.9 Å². The van der Waals surface area contributed by atoms with Gasteiger partial charge >= 0.3 is 0 Å². The molecule has 28 heavy (non-hydrogen) atoms. The molecule has 0 atom stereocenters. The molecule has 0 aliphatic carbocycles. The van der Waals surface area contributed by atoms with E-state index in [1.54, 1.807) is 6.20 Å². The van der Waals surface area contributed by atoms with Gasteiger partial charge in [0.1, 0.15) is 0 Å². The normalized spacial score (nSPS) is 13.7. The van der Waals surface area contributed by atoms with Crippen molar-refractivity contribution in [3.8, 4) is 0 Å². The monoisotopic (exact) mass is 392 g/mol. The zero-order chi connectivity index (χ0) is 19.7. The number of nitrogens with two attached hydrogens (primary N) is 1. The Kier molecular flexibility index (Phi) is 4.76. The first kappa shape index (κ1) is 18.1. The van der Waals surface area contributed by atoms with E-state index >= 15 is 0 Å². The van der Waals surface area contributed by atoms with Crippen molar-refractivity contribution in [2.24, 2.45) is 10.8 Å². The summed E-state index contributed by atoms with van der Waals surface area (Å²) in [6.45, 7) is 2.51. The minimum atomic E-state index is 0.120. The average Bonchev–Trinajstić information content (AvgIpc) is 3.01. The Labute approximate surface area is 168 Å². The van der Waals surface area contributed by atoms with E-state index in [0.717, 1.165) is 33.7 Å². The second-order valence-corrected chi connectivity index (χ2v) is 6.93. The van der Waals surface area contributed by atoms with Crippen LogP contribution >= 0.6 is 12.2 Å². The molecule has 4 rings (SSSR count). The van der Waals surface area contributed by atoms with Crippen LogP contribution in [0, 0.1) is 0 Å². The maximum Gasteiger partial charge on any atom is 0.184 e. The first-order chi connectivity index (χ1) is 13.5. The predicted octanol–water partition coefficient (Wildman–Crippen LogP) is 2.06. The van der Waals surface area contributed by atoms with Crippen molar-refractivity contribution in [3.63, 3.8) is 0 Å². The van der Waals surface area contributed by atoms with E-state index in [0.29, 0.717) is 12.3 Å². The lowest BCUT2D eigenvalue weighted by molar-refractivity contribution is 0.645. The van der Waals surface area contributed by atoms with Gasteiger partial charge in [0.05, 0.1) is 29.2 Å². The summed E-state index contributed by atoms with van der Waals surface area (Å²) < 4.78 is 0. The summed E-state index contributed by atoms with van der Waals surface area (Å²) in [5, 5.41) is 9.34. The molecule has 0 amide bonds. The molecule has 2 aromatic heterocycles. The van der Waals surface area contributed by atoms with Gasteiger partial charge in [-0.05, 0) is 55.0 Å². The molecule has 0 saturated carbocycles. The number of hydrazine groups is 2. The molecular formula is C19H20N8S. The summed E-state index contributed by atoms with van der Waals surface area (Å²) in [5.74, 6) is 0.830. The maximum absolute atomic E-state index is 5.44. The molecule has 0 bridgehead atoms. The molecule has 3 heterocycles. The number of hydrogen-bond acceptors (Lipinski definition) is 7. The number of pyridine rings is 2. The van der Waals surface area contributed by atoms with Gasteiger partial charge < -0.3 is 5.73 Å². The van der Waals surface area contributed by atoms with Crippen LogP contribution in [-0.4, -0.2) is 27.8 Å². The first-order valence-electron chi connectivity index (χ1n) is 8.73. The standard InChI is InChI=1S/C19H20N8S/c1-12(23-24-19(20)28)15-7-8-17-18(22-15)27(25-26(17)2)11-13-5-6-16-14(10-13)4-3-9-21-16/h3-10,25H,11H2,1-2H3,(H3,20,24,28)/b23-12+. The summed E-state index contributed by atoms with van der Waals surface area (Å²) in [5.41, 5.74) is 15.9. The fourth-order valence-corrected chi connectivity index (χ4v) is 3.14. The van der Waals surface area contributed by atoms with Crippen molar-refractivity contribution in [3.05, 3.63) is 59.9 Å². The lowest BCUT2D eigenvalue weighted by Crippen LogP contribution is -2.41. The third kappa shape index (κ3) is 3.57. The summed E-state index contributed by atoms with van der Waals surface area (Å²) in [4.78, 5) is 9.15. The van der Waals surface area contributed by atoms with Crippen molar-refractivity contribution in [2.75, 3.05) is 17.1 Å². The number of nitrogens with zero attached hydrogens (tertiary/aromatic N) is 5. The van der Waals surface area contributed by atoms with Crippen LogP contribution in [-0.2, 0) is 6.54 Å². The Morgan fingerprint density at radius 2 is 2.14 bits per heavy atom. The summed E-state index contributed by atoms with van der Waals surface area (Å²) in [6.07, 6.45) is 1.80. The van der Waals surface area contributed by atoms with Crippen LogP contribution < -0.4 is 26.7 Å². The van der Waals surface area contributed by atoms with Crippen molar-refractivity contribution in [1.29, 1.82) is 0 Å². The molecule has 9 heteroatoms. The first-order valence-corrected chi connectivity index (χ1v) is 9.14. The second-order valence-electron chi connectivity index (χ2n) is 6.49. The van der Waals surface area contributed by atoms with Crippen LogP contribution in [0.1, 0.15) is 18.2 Å². The van der Waals surface area contributed by atoms with E-state index in [-0.39, 0.29) is 5.11 Å². The van der Waals surface area contributed by atoms with Gasteiger partial charge in [-0.3, -0.25) is 20.4 Å². The number of rotatable bonds is 4. The third-order valence-electron chi connectivity index (χ3n) is 4.45. The smallest absolute Gasteiger partial charge is 0.184 e. The second kappa shape index (κ2) is 7.37. The van der Waals surface area contributed by atoms with E-state index in [2.05, 4.69) is 39.2 Å². The van der Waals surface area contributed by atoms with Crippen LogP contribution in [0.2, 0.25) is 0 Å². The van der Waals surface area contributed by atoms with Gasteiger partial charge in [-0.2, -0.15) is 5.10 Å². The Morgan fingerprint density at radius 1 is 1.29 bits per heavy atom.